The Kier molecular flexibility index (Phi) is 3.39. The molecule has 0 atom stereocenters. The fourth-order valence-corrected chi connectivity index (χ4v) is 2.22. The van der Waals surface area contributed by atoms with Crippen molar-refractivity contribution in [2.24, 2.45) is 0 Å². The van der Waals surface area contributed by atoms with Gasteiger partial charge < -0.3 is 4.98 Å². The number of thioether (sulfide) groups is 1. The molecule has 0 fully saturated rings. The highest BCUT2D eigenvalue weighted by atomic mass is 127. The molecule has 0 saturated heterocycles. The summed E-state index contributed by atoms with van der Waals surface area (Å²) < 4.78 is 0.751. The van der Waals surface area contributed by atoms with Crippen molar-refractivity contribution >= 4 is 34.4 Å². The van der Waals surface area contributed by atoms with Gasteiger partial charge in [-0.25, -0.2) is 4.98 Å². The summed E-state index contributed by atoms with van der Waals surface area (Å²) in [6, 6.07) is 0. The van der Waals surface area contributed by atoms with Crippen molar-refractivity contribution in [2.45, 2.75) is 30.5 Å². The van der Waals surface area contributed by atoms with Crippen LogP contribution in [0.15, 0.2) is 16.1 Å². The molecule has 1 aromatic heterocycles. The van der Waals surface area contributed by atoms with E-state index in [-0.39, 0.29) is 10.3 Å². The second-order valence-electron chi connectivity index (χ2n) is 3.57. The predicted octanol–water partition coefficient (Wildman–Crippen LogP) is 2.27. The topological polar surface area (TPSA) is 45.8 Å². The van der Waals surface area contributed by atoms with Crippen LogP contribution in [0.3, 0.4) is 0 Å². The van der Waals surface area contributed by atoms with E-state index < -0.39 is 0 Å². The van der Waals surface area contributed by atoms with Crippen LogP contribution in [-0.4, -0.2) is 14.7 Å². The molecule has 1 N–H and O–H groups in total. The van der Waals surface area contributed by atoms with Crippen LogP contribution < -0.4 is 5.56 Å². The number of nitrogens with one attached hydrogen (secondary N) is 1. The summed E-state index contributed by atoms with van der Waals surface area (Å²) >= 11 is 3.62. The highest BCUT2D eigenvalue weighted by Crippen LogP contribution is 2.31. The van der Waals surface area contributed by atoms with Gasteiger partial charge in [0.05, 0.1) is 6.33 Å². The molecule has 0 bridgehead atoms. The molecule has 0 spiro atoms. The summed E-state index contributed by atoms with van der Waals surface area (Å²) in [6.45, 7) is 6.28. The quantitative estimate of drug-likeness (QED) is 0.492. The summed E-state index contributed by atoms with van der Waals surface area (Å²) in [7, 11) is 0. The maximum Gasteiger partial charge on any atom is 0.265 e. The number of halogens is 1. The minimum atomic E-state index is -0.0673. The molecular weight excluding hydrogens is 299 g/mol. The lowest BCUT2D eigenvalue weighted by atomic mass is 10.3. The van der Waals surface area contributed by atoms with Gasteiger partial charge >= 0.3 is 0 Å². The minimum absolute atomic E-state index is 0.0673. The fraction of sp³-hybridized carbons (Fsp3) is 0.500. The average molecular weight is 310 g/mol. The highest BCUT2D eigenvalue weighted by molar-refractivity contribution is 14.1. The lowest BCUT2D eigenvalue weighted by molar-refractivity contribution is 0.796. The van der Waals surface area contributed by atoms with Gasteiger partial charge in [0.2, 0.25) is 0 Å². The average Bonchev–Trinajstić information content (AvgIpc) is 1.96. The van der Waals surface area contributed by atoms with Gasteiger partial charge in [-0.15, -0.1) is 0 Å². The number of aromatic amines is 1. The molecule has 3 nitrogen and oxygen atoms in total. The molecule has 1 heterocycles. The van der Waals surface area contributed by atoms with Gasteiger partial charge in [0.25, 0.3) is 5.56 Å². The number of rotatable bonds is 1. The molecule has 0 aliphatic heterocycles. The Labute approximate surface area is 94.9 Å². The summed E-state index contributed by atoms with van der Waals surface area (Å²) in [5.74, 6) is 0. The Bertz CT molecular complexity index is 356. The number of H-pyrrole nitrogens is 1. The second-order valence-corrected chi connectivity index (χ2v) is 6.46. The first kappa shape index (κ1) is 11.0. The van der Waals surface area contributed by atoms with Gasteiger partial charge in [0, 0.05) is 4.75 Å². The molecule has 0 aliphatic rings. The maximum absolute atomic E-state index is 11.2. The molecule has 0 saturated carbocycles. The van der Waals surface area contributed by atoms with E-state index in [1.54, 1.807) is 11.8 Å². The van der Waals surface area contributed by atoms with Crippen LogP contribution in [-0.2, 0) is 0 Å². The lowest BCUT2D eigenvalue weighted by Crippen LogP contribution is -2.15. The number of hydrogen-bond acceptors (Lipinski definition) is 3. The third-order valence-electron chi connectivity index (χ3n) is 1.17. The molecule has 1 aromatic rings. The molecule has 72 valence electrons. The van der Waals surface area contributed by atoms with Crippen LogP contribution in [0.1, 0.15) is 20.8 Å². The third-order valence-corrected chi connectivity index (χ3v) is 3.65. The van der Waals surface area contributed by atoms with E-state index in [1.165, 1.54) is 6.33 Å². The number of aromatic nitrogens is 2. The van der Waals surface area contributed by atoms with Crippen molar-refractivity contribution in [1.29, 1.82) is 0 Å². The molecule has 13 heavy (non-hydrogen) atoms. The lowest BCUT2D eigenvalue weighted by Gasteiger charge is -2.16. The third kappa shape index (κ3) is 3.30. The largest absolute Gasteiger partial charge is 0.312 e. The van der Waals surface area contributed by atoms with E-state index in [9.17, 15) is 4.79 Å². The molecule has 0 aromatic carbocycles. The van der Waals surface area contributed by atoms with Crippen molar-refractivity contribution in [2.75, 3.05) is 0 Å². The van der Waals surface area contributed by atoms with Crippen LogP contribution in [0.4, 0.5) is 0 Å². The van der Waals surface area contributed by atoms with Gasteiger partial charge in [-0.05, 0) is 22.6 Å². The van der Waals surface area contributed by atoms with Crippen LogP contribution in [0.5, 0.6) is 0 Å². The van der Waals surface area contributed by atoms with E-state index in [4.69, 9.17) is 0 Å². The number of nitrogens with zero attached hydrogens (tertiary/aromatic N) is 1. The van der Waals surface area contributed by atoms with Crippen LogP contribution in [0.2, 0.25) is 0 Å². The van der Waals surface area contributed by atoms with Crippen molar-refractivity contribution in [3.05, 3.63) is 20.3 Å². The fourth-order valence-electron chi connectivity index (χ4n) is 0.728. The molecule has 0 aliphatic carbocycles. The Hall–Kier alpha value is -0.0400. The summed E-state index contributed by atoms with van der Waals surface area (Å²) in [4.78, 5) is 17.9. The Balaban J connectivity index is 3.03. The standard InChI is InChI=1S/C8H11IN2OS/c1-8(2,3)13-7-5(9)6(12)10-4-11-7/h4H,1-3H3,(H,10,11,12). The molecular formula is C8H11IN2OS. The maximum atomic E-state index is 11.2. The van der Waals surface area contributed by atoms with Crippen molar-refractivity contribution in [3.8, 4) is 0 Å². The predicted molar refractivity (Wildman–Crippen MR) is 63.2 cm³/mol. The van der Waals surface area contributed by atoms with Crippen LogP contribution in [0, 0.1) is 3.57 Å². The monoisotopic (exact) mass is 310 g/mol. The Morgan fingerprint density at radius 1 is 1.54 bits per heavy atom. The van der Waals surface area contributed by atoms with E-state index in [0.717, 1.165) is 5.03 Å². The summed E-state index contributed by atoms with van der Waals surface area (Å²) in [5.41, 5.74) is -0.0673. The van der Waals surface area contributed by atoms with Crippen molar-refractivity contribution in [1.82, 2.24) is 9.97 Å². The zero-order valence-corrected chi connectivity index (χ0v) is 10.7. The Morgan fingerprint density at radius 2 is 2.15 bits per heavy atom. The van der Waals surface area contributed by atoms with Gasteiger partial charge in [-0.3, -0.25) is 4.79 Å². The highest BCUT2D eigenvalue weighted by Gasteiger charge is 2.16. The first-order valence-corrected chi connectivity index (χ1v) is 5.72. The second kappa shape index (κ2) is 4.00. The van der Waals surface area contributed by atoms with Crippen LogP contribution in [0.25, 0.3) is 0 Å². The van der Waals surface area contributed by atoms with E-state index >= 15 is 0 Å². The van der Waals surface area contributed by atoms with Crippen molar-refractivity contribution in [3.63, 3.8) is 0 Å². The van der Waals surface area contributed by atoms with Gasteiger partial charge in [0.1, 0.15) is 8.60 Å². The molecule has 0 amide bonds. The summed E-state index contributed by atoms with van der Waals surface area (Å²) in [5, 5.41) is 0.803. The van der Waals surface area contributed by atoms with Gasteiger partial charge in [0.15, 0.2) is 0 Å². The van der Waals surface area contributed by atoms with E-state index in [0.29, 0.717) is 3.57 Å². The Morgan fingerprint density at radius 3 is 2.69 bits per heavy atom. The number of hydrogen-bond donors (Lipinski definition) is 1. The zero-order chi connectivity index (χ0) is 10.1. The van der Waals surface area contributed by atoms with Crippen LogP contribution >= 0.6 is 34.4 Å². The van der Waals surface area contributed by atoms with Crippen molar-refractivity contribution < 1.29 is 0 Å². The van der Waals surface area contributed by atoms with E-state index in [2.05, 4.69) is 30.7 Å². The summed E-state index contributed by atoms with van der Waals surface area (Å²) in [6.07, 6.45) is 1.44. The zero-order valence-electron chi connectivity index (χ0n) is 7.72. The smallest absolute Gasteiger partial charge is 0.265 e. The molecule has 1 rings (SSSR count). The minimum Gasteiger partial charge on any atom is -0.312 e. The first-order chi connectivity index (χ1) is 5.90. The first-order valence-electron chi connectivity index (χ1n) is 3.82. The van der Waals surface area contributed by atoms with E-state index in [1.807, 2.05) is 22.6 Å². The SMILES string of the molecule is CC(C)(C)Sc1nc[nH]c(=O)c1I. The normalized spacial score (nSPS) is 11.7. The molecule has 5 heteroatoms. The molecule has 0 radical (unpaired) electrons. The molecule has 0 unspecified atom stereocenters. The van der Waals surface area contributed by atoms with Gasteiger partial charge in [-0.1, -0.05) is 32.5 Å². The van der Waals surface area contributed by atoms with Gasteiger partial charge in [-0.2, -0.15) is 0 Å².